The topological polar surface area (TPSA) is 275 Å². The van der Waals surface area contributed by atoms with Gasteiger partial charge in [-0.1, -0.05) is 0 Å². The third-order valence-corrected chi connectivity index (χ3v) is 4.24. The molecule has 0 unspecified atom stereocenters. The lowest BCUT2D eigenvalue weighted by Crippen LogP contribution is -2.33. The lowest BCUT2D eigenvalue weighted by atomic mass is 10.1. The summed E-state index contributed by atoms with van der Waals surface area (Å²) in [5.41, 5.74) is 11.8. The summed E-state index contributed by atoms with van der Waals surface area (Å²) in [5.74, 6) is 0.286. The highest BCUT2D eigenvalue weighted by molar-refractivity contribution is 7.46. The average molecular weight is 412 g/mol. The molecule has 1 aliphatic heterocycles. The van der Waals surface area contributed by atoms with Crippen LogP contribution in [0.2, 0.25) is 0 Å². The Balaban J connectivity index is 0.00000182. The van der Waals surface area contributed by atoms with E-state index in [1.165, 1.54) is 4.57 Å². The summed E-state index contributed by atoms with van der Waals surface area (Å²) in [6.07, 6.45) is -5.20. The fraction of sp³-hybridized carbons (Fsp3) is 0.545. The van der Waals surface area contributed by atoms with E-state index >= 15 is 0 Å². The monoisotopic (exact) mass is 412 g/mol. The molecule has 2 aromatic rings. The first-order chi connectivity index (χ1) is 11.6. The zero-order valence-electron chi connectivity index (χ0n) is 13.9. The molecule has 1 aliphatic rings. The molecule has 1 fully saturated rings. The van der Waals surface area contributed by atoms with Crippen LogP contribution in [0.5, 0.6) is 0 Å². The standard InChI is InChI=1S/C11H17N6O7P.2H2O/c1-3-14-5-8(12)15-11(13)16-9(5)17(3)10-7(19)6(18)4(24-10)2-23-25(20,21)22;;/h4,6-7,10,18-19H,2H2,1H3,(H2,20,21,22)(H4,12,13,15,16);2*1H2/t4-,6-,7-,10-;;/m1../s1. The van der Waals surface area contributed by atoms with Crippen molar-refractivity contribution in [1.29, 1.82) is 0 Å². The molecule has 16 heteroatoms. The summed E-state index contributed by atoms with van der Waals surface area (Å²) in [5, 5.41) is 20.3. The number of hydrogen-bond acceptors (Lipinski definition) is 10. The highest BCUT2D eigenvalue weighted by atomic mass is 31.2. The molecule has 3 heterocycles. The van der Waals surface area contributed by atoms with Gasteiger partial charge in [-0.05, 0) is 6.92 Å². The number of aryl methyl sites for hydroxylation is 1. The molecule has 154 valence electrons. The van der Waals surface area contributed by atoms with Crippen LogP contribution in [0.15, 0.2) is 0 Å². The van der Waals surface area contributed by atoms with Crippen molar-refractivity contribution in [3.05, 3.63) is 5.82 Å². The molecule has 0 radical (unpaired) electrons. The van der Waals surface area contributed by atoms with Gasteiger partial charge in [0, 0.05) is 0 Å². The van der Waals surface area contributed by atoms with E-state index in [2.05, 4.69) is 19.5 Å². The molecule has 15 nitrogen and oxygen atoms in total. The SMILES string of the molecule is Cc1nc2c(N)nc(N)nc2n1[C@@H]1O[C@H](COP(=O)(O)O)[C@@H](O)[C@H]1O.O.O. The second kappa shape index (κ2) is 7.97. The molecule has 0 spiro atoms. The van der Waals surface area contributed by atoms with Crippen LogP contribution in [0.1, 0.15) is 12.1 Å². The third-order valence-electron chi connectivity index (χ3n) is 3.76. The summed E-state index contributed by atoms with van der Waals surface area (Å²) in [6, 6.07) is 0. The van der Waals surface area contributed by atoms with Crippen molar-refractivity contribution in [3.63, 3.8) is 0 Å². The van der Waals surface area contributed by atoms with Crippen LogP contribution in [0.25, 0.3) is 11.2 Å². The van der Waals surface area contributed by atoms with Crippen molar-refractivity contribution in [2.45, 2.75) is 31.5 Å². The molecule has 3 rings (SSSR count). The van der Waals surface area contributed by atoms with Gasteiger partial charge in [0.25, 0.3) is 0 Å². The Morgan fingerprint density at radius 2 is 1.81 bits per heavy atom. The number of anilines is 2. The number of rotatable bonds is 4. The Morgan fingerprint density at radius 3 is 2.41 bits per heavy atom. The van der Waals surface area contributed by atoms with Crippen LogP contribution in [0.4, 0.5) is 11.8 Å². The summed E-state index contributed by atoms with van der Waals surface area (Å²) in [7, 11) is -4.75. The van der Waals surface area contributed by atoms with Crippen molar-refractivity contribution in [2.24, 2.45) is 0 Å². The molecule has 4 atom stereocenters. The van der Waals surface area contributed by atoms with E-state index in [-0.39, 0.29) is 33.9 Å². The number of phosphoric acid groups is 1. The van der Waals surface area contributed by atoms with Gasteiger partial charge in [0.2, 0.25) is 5.95 Å². The molecule has 0 saturated carbocycles. The Hall–Kier alpha value is -1.94. The molecular weight excluding hydrogens is 391 g/mol. The minimum atomic E-state index is -4.75. The van der Waals surface area contributed by atoms with Gasteiger partial charge in [-0.15, -0.1) is 0 Å². The number of nitrogens with two attached hydrogens (primary N) is 2. The maximum atomic E-state index is 10.8. The minimum absolute atomic E-state index is 0. The summed E-state index contributed by atoms with van der Waals surface area (Å²) >= 11 is 0. The number of fused-ring (bicyclic) bond motifs is 1. The molecule has 0 bridgehead atoms. The first kappa shape index (κ1) is 23.1. The molecule has 12 N–H and O–H groups in total. The Kier molecular flexibility index (Phi) is 6.82. The molecular formula is C11H21N6O9P. The average Bonchev–Trinajstić information content (AvgIpc) is 2.95. The Morgan fingerprint density at radius 1 is 1.19 bits per heavy atom. The normalized spacial score (nSPS) is 25.2. The molecule has 1 saturated heterocycles. The zero-order valence-corrected chi connectivity index (χ0v) is 14.8. The van der Waals surface area contributed by atoms with Crippen molar-refractivity contribution in [2.75, 3.05) is 18.1 Å². The van der Waals surface area contributed by atoms with Crippen LogP contribution in [-0.2, 0) is 13.8 Å². The lowest BCUT2D eigenvalue weighted by Gasteiger charge is -2.18. The highest BCUT2D eigenvalue weighted by Crippen LogP contribution is 2.39. The van der Waals surface area contributed by atoms with Gasteiger partial charge in [0.05, 0.1) is 6.61 Å². The van der Waals surface area contributed by atoms with Crippen LogP contribution in [-0.4, -0.2) is 75.4 Å². The quantitative estimate of drug-likeness (QED) is 0.265. The van der Waals surface area contributed by atoms with Crippen LogP contribution < -0.4 is 11.5 Å². The number of phosphoric ester groups is 1. The molecule has 2 aromatic heterocycles. The van der Waals surface area contributed by atoms with E-state index < -0.39 is 39.0 Å². The molecule has 0 aliphatic carbocycles. The van der Waals surface area contributed by atoms with Gasteiger partial charge >= 0.3 is 7.82 Å². The van der Waals surface area contributed by atoms with Gasteiger partial charge in [-0.25, -0.2) is 9.55 Å². The van der Waals surface area contributed by atoms with E-state index in [0.29, 0.717) is 5.82 Å². The van der Waals surface area contributed by atoms with Gasteiger partial charge in [0.15, 0.2) is 23.2 Å². The summed E-state index contributed by atoms with van der Waals surface area (Å²) in [4.78, 5) is 29.5. The van der Waals surface area contributed by atoms with E-state index in [0.717, 1.165) is 0 Å². The Bertz CT molecular complexity index is 856. The van der Waals surface area contributed by atoms with Gasteiger partial charge < -0.3 is 47.2 Å². The second-order valence-corrected chi connectivity index (χ2v) is 6.74. The van der Waals surface area contributed by atoms with Crippen LogP contribution in [0.3, 0.4) is 0 Å². The number of hydrogen-bond donors (Lipinski definition) is 6. The van der Waals surface area contributed by atoms with E-state index in [1.54, 1.807) is 6.92 Å². The number of aliphatic hydroxyl groups excluding tert-OH is 2. The summed E-state index contributed by atoms with van der Waals surface area (Å²) in [6.45, 7) is 0.975. The smallest absolute Gasteiger partial charge is 0.412 e. The first-order valence-corrected chi connectivity index (χ1v) is 8.60. The van der Waals surface area contributed by atoms with E-state index in [9.17, 15) is 14.8 Å². The van der Waals surface area contributed by atoms with E-state index in [4.69, 9.17) is 26.0 Å². The maximum absolute atomic E-state index is 10.8. The number of ether oxygens (including phenoxy) is 1. The predicted molar refractivity (Wildman–Crippen MR) is 90.0 cm³/mol. The first-order valence-electron chi connectivity index (χ1n) is 7.07. The molecule has 27 heavy (non-hydrogen) atoms. The fourth-order valence-corrected chi connectivity index (χ4v) is 3.02. The maximum Gasteiger partial charge on any atom is 0.469 e. The molecule has 0 aromatic carbocycles. The van der Waals surface area contributed by atoms with Gasteiger partial charge in [-0.3, -0.25) is 9.09 Å². The van der Waals surface area contributed by atoms with Gasteiger partial charge in [-0.2, -0.15) is 9.97 Å². The number of aromatic nitrogens is 4. The largest absolute Gasteiger partial charge is 0.469 e. The van der Waals surface area contributed by atoms with Crippen molar-refractivity contribution in [3.8, 4) is 0 Å². The zero-order chi connectivity index (χ0) is 18.5. The van der Waals surface area contributed by atoms with Crippen molar-refractivity contribution >= 4 is 30.8 Å². The van der Waals surface area contributed by atoms with Crippen LogP contribution in [0, 0.1) is 6.92 Å². The van der Waals surface area contributed by atoms with Crippen LogP contribution >= 0.6 is 7.82 Å². The fourth-order valence-electron chi connectivity index (χ4n) is 2.68. The van der Waals surface area contributed by atoms with E-state index in [1.807, 2.05) is 0 Å². The lowest BCUT2D eigenvalue weighted by molar-refractivity contribution is -0.0512. The predicted octanol–water partition coefficient (Wildman–Crippen LogP) is -3.62. The summed E-state index contributed by atoms with van der Waals surface area (Å²) < 4.78 is 22.0. The number of aliphatic hydroxyl groups is 2. The minimum Gasteiger partial charge on any atom is -0.412 e. The Labute approximate surface area is 151 Å². The number of nitrogens with zero attached hydrogens (tertiary/aromatic N) is 4. The number of nitrogen functional groups attached to an aromatic ring is 2. The molecule has 0 amide bonds. The van der Waals surface area contributed by atoms with Crippen molar-refractivity contribution < 1.29 is 44.8 Å². The number of imidazole rings is 1. The second-order valence-electron chi connectivity index (χ2n) is 5.50. The third kappa shape index (κ3) is 4.32. The highest BCUT2D eigenvalue weighted by Gasteiger charge is 2.45. The van der Waals surface area contributed by atoms with Gasteiger partial charge in [0.1, 0.15) is 24.1 Å². The van der Waals surface area contributed by atoms with Crippen molar-refractivity contribution in [1.82, 2.24) is 19.5 Å².